The molecule has 0 spiro atoms. The molecule has 0 aliphatic rings. The third-order valence-corrected chi connectivity index (χ3v) is 1.24. The minimum Gasteiger partial charge on any atom is -0.315 e. The summed E-state index contributed by atoms with van der Waals surface area (Å²) in [5, 5.41) is -0.568. The van der Waals surface area contributed by atoms with Crippen molar-refractivity contribution in [1.29, 1.82) is 0 Å². The highest BCUT2D eigenvalue weighted by molar-refractivity contribution is 7.96. The standard InChI is InChI=1S/C5H9NO2S/c1-2-3(7)4(6)5(8)9/h4H,2,6H2,1H3,(H,8,9). The molecule has 0 aliphatic carbocycles. The largest absolute Gasteiger partial charge is 0.315 e. The van der Waals surface area contributed by atoms with E-state index in [9.17, 15) is 9.59 Å². The Kier molecular flexibility index (Phi) is 3.49. The molecule has 4 heteroatoms. The monoisotopic (exact) mass is 147 g/mol. The first-order chi connectivity index (χ1) is 4.09. The predicted molar refractivity (Wildman–Crippen MR) is 37.3 cm³/mol. The van der Waals surface area contributed by atoms with Crippen molar-refractivity contribution in [3.05, 3.63) is 0 Å². The van der Waals surface area contributed by atoms with Gasteiger partial charge in [-0.25, -0.2) is 0 Å². The molecular weight excluding hydrogens is 138 g/mol. The van der Waals surface area contributed by atoms with Gasteiger partial charge in [0.2, 0.25) is 5.12 Å². The molecule has 0 fully saturated rings. The number of ketones is 1. The van der Waals surface area contributed by atoms with Crippen LogP contribution in [-0.4, -0.2) is 16.9 Å². The van der Waals surface area contributed by atoms with Crippen LogP contribution in [0, 0.1) is 0 Å². The van der Waals surface area contributed by atoms with E-state index in [1.807, 2.05) is 0 Å². The van der Waals surface area contributed by atoms with Gasteiger partial charge in [0.15, 0.2) is 5.78 Å². The predicted octanol–water partition coefficient (Wildman–Crippen LogP) is -0.251. The Hall–Kier alpha value is -0.350. The molecule has 0 rings (SSSR count). The quantitative estimate of drug-likeness (QED) is 0.427. The van der Waals surface area contributed by atoms with Gasteiger partial charge in [-0.3, -0.25) is 9.59 Å². The molecule has 1 atom stereocenters. The van der Waals surface area contributed by atoms with Gasteiger partial charge in [-0.15, -0.1) is 12.6 Å². The zero-order valence-electron chi connectivity index (χ0n) is 5.13. The summed E-state index contributed by atoms with van der Waals surface area (Å²) in [5.74, 6) is -0.269. The second-order valence-corrected chi connectivity index (χ2v) is 2.08. The molecule has 0 aromatic heterocycles. The maximum Gasteiger partial charge on any atom is 0.210 e. The molecule has 52 valence electrons. The summed E-state index contributed by atoms with van der Waals surface area (Å²) in [6.07, 6.45) is 0.285. The van der Waals surface area contributed by atoms with Gasteiger partial charge in [-0.1, -0.05) is 6.92 Å². The molecule has 2 N–H and O–H groups in total. The first-order valence-electron chi connectivity index (χ1n) is 2.60. The molecule has 1 unspecified atom stereocenters. The highest BCUT2D eigenvalue weighted by Crippen LogP contribution is 1.91. The van der Waals surface area contributed by atoms with Gasteiger partial charge in [-0.05, 0) is 0 Å². The first-order valence-corrected chi connectivity index (χ1v) is 3.05. The molecule has 3 nitrogen and oxygen atoms in total. The lowest BCUT2D eigenvalue weighted by Gasteiger charge is -2.00. The first kappa shape index (κ1) is 8.65. The van der Waals surface area contributed by atoms with Gasteiger partial charge in [-0.2, -0.15) is 0 Å². The van der Waals surface area contributed by atoms with Gasteiger partial charge in [0.1, 0.15) is 6.04 Å². The van der Waals surface area contributed by atoms with Gasteiger partial charge >= 0.3 is 0 Å². The highest BCUT2D eigenvalue weighted by atomic mass is 32.1. The minimum atomic E-state index is -1.03. The average molecular weight is 147 g/mol. The number of hydrogen-bond donors (Lipinski definition) is 2. The molecule has 0 aromatic rings. The zero-order chi connectivity index (χ0) is 7.44. The number of rotatable bonds is 3. The van der Waals surface area contributed by atoms with Gasteiger partial charge in [0, 0.05) is 6.42 Å². The van der Waals surface area contributed by atoms with Crippen LogP contribution in [0.2, 0.25) is 0 Å². The van der Waals surface area contributed by atoms with E-state index in [-0.39, 0.29) is 12.2 Å². The molecule has 0 saturated carbocycles. The third kappa shape index (κ3) is 2.62. The van der Waals surface area contributed by atoms with E-state index in [2.05, 4.69) is 12.6 Å². The molecule has 9 heavy (non-hydrogen) atoms. The zero-order valence-corrected chi connectivity index (χ0v) is 6.02. The maximum absolute atomic E-state index is 10.6. The van der Waals surface area contributed by atoms with Crippen molar-refractivity contribution in [2.24, 2.45) is 5.73 Å². The summed E-state index contributed by atoms with van der Waals surface area (Å²) in [5.41, 5.74) is 5.10. The molecule has 0 amide bonds. The van der Waals surface area contributed by atoms with E-state index in [0.717, 1.165) is 0 Å². The Morgan fingerprint density at radius 2 is 2.11 bits per heavy atom. The summed E-state index contributed by atoms with van der Waals surface area (Å²) >= 11 is 3.40. The van der Waals surface area contributed by atoms with E-state index >= 15 is 0 Å². The second-order valence-electron chi connectivity index (χ2n) is 1.64. The van der Waals surface area contributed by atoms with Crippen LogP contribution in [0.3, 0.4) is 0 Å². The number of Topliss-reactive ketones (excluding diaryl/α,β-unsaturated/α-hetero) is 1. The Morgan fingerprint density at radius 3 is 2.22 bits per heavy atom. The van der Waals surface area contributed by atoms with Crippen molar-refractivity contribution in [3.63, 3.8) is 0 Å². The van der Waals surface area contributed by atoms with E-state index in [1.165, 1.54) is 0 Å². The normalized spacial score (nSPS) is 12.8. The fourth-order valence-corrected chi connectivity index (χ4v) is 0.502. The lowest BCUT2D eigenvalue weighted by molar-refractivity contribution is -0.124. The Bertz CT molecular complexity index is 135. The van der Waals surface area contributed by atoms with Crippen LogP contribution >= 0.6 is 12.6 Å². The van der Waals surface area contributed by atoms with Crippen LogP contribution < -0.4 is 5.73 Å². The maximum atomic E-state index is 10.6. The topological polar surface area (TPSA) is 60.2 Å². The molecule has 0 aliphatic heterocycles. The van der Waals surface area contributed by atoms with Crippen LogP contribution in [0.15, 0.2) is 0 Å². The van der Waals surface area contributed by atoms with Crippen molar-refractivity contribution < 1.29 is 9.59 Å². The summed E-state index contributed by atoms with van der Waals surface area (Å²) in [6, 6.07) is -1.03. The second kappa shape index (κ2) is 3.63. The Morgan fingerprint density at radius 1 is 1.67 bits per heavy atom. The van der Waals surface area contributed by atoms with Crippen molar-refractivity contribution >= 4 is 23.5 Å². The van der Waals surface area contributed by atoms with Crippen LogP contribution in [0.5, 0.6) is 0 Å². The van der Waals surface area contributed by atoms with E-state index in [0.29, 0.717) is 0 Å². The van der Waals surface area contributed by atoms with Crippen molar-refractivity contribution in [2.45, 2.75) is 19.4 Å². The van der Waals surface area contributed by atoms with Crippen LogP contribution in [0.4, 0.5) is 0 Å². The SMILES string of the molecule is CCC(=O)C(N)C(=O)S. The van der Waals surface area contributed by atoms with Crippen molar-refractivity contribution in [2.75, 3.05) is 0 Å². The number of nitrogens with two attached hydrogens (primary N) is 1. The molecule has 0 heterocycles. The van der Waals surface area contributed by atoms with E-state index < -0.39 is 11.2 Å². The van der Waals surface area contributed by atoms with E-state index in [1.54, 1.807) is 6.92 Å². The molecular formula is C5H9NO2S. The summed E-state index contributed by atoms with van der Waals surface area (Å²) in [4.78, 5) is 20.8. The minimum absolute atomic E-state index is 0.269. The lowest BCUT2D eigenvalue weighted by atomic mass is 10.2. The fraction of sp³-hybridized carbons (Fsp3) is 0.600. The van der Waals surface area contributed by atoms with Crippen molar-refractivity contribution in [1.82, 2.24) is 0 Å². The molecule has 0 bridgehead atoms. The molecule has 0 aromatic carbocycles. The van der Waals surface area contributed by atoms with Crippen molar-refractivity contribution in [3.8, 4) is 0 Å². The number of carbonyl (C=O) groups is 2. The van der Waals surface area contributed by atoms with Crippen LogP contribution in [0.25, 0.3) is 0 Å². The van der Waals surface area contributed by atoms with Gasteiger partial charge in [0.05, 0.1) is 0 Å². The summed E-state index contributed by atoms with van der Waals surface area (Å²) < 4.78 is 0. The smallest absolute Gasteiger partial charge is 0.210 e. The average Bonchev–Trinajstić information content (AvgIpc) is 1.84. The number of thiol groups is 1. The number of hydrogen-bond acceptors (Lipinski definition) is 3. The fourth-order valence-electron chi connectivity index (χ4n) is 0.358. The summed E-state index contributed by atoms with van der Waals surface area (Å²) in [7, 11) is 0. The Labute approximate surface area is 59.0 Å². The summed E-state index contributed by atoms with van der Waals surface area (Å²) in [6.45, 7) is 1.65. The van der Waals surface area contributed by atoms with Crippen LogP contribution in [0.1, 0.15) is 13.3 Å². The van der Waals surface area contributed by atoms with Crippen LogP contribution in [-0.2, 0) is 9.59 Å². The van der Waals surface area contributed by atoms with E-state index in [4.69, 9.17) is 5.73 Å². The lowest BCUT2D eigenvalue weighted by Crippen LogP contribution is -2.35. The molecule has 0 radical (unpaired) electrons. The Balaban J connectivity index is 3.88. The van der Waals surface area contributed by atoms with Gasteiger partial charge in [0.25, 0.3) is 0 Å². The third-order valence-electron chi connectivity index (χ3n) is 0.961. The van der Waals surface area contributed by atoms with Gasteiger partial charge < -0.3 is 5.73 Å². The molecule has 0 saturated heterocycles. The highest BCUT2D eigenvalue weighted by Gasteiger charge is 2.15. The number of carbonyl (C=O) groups excluding carboxylic acids is 2.